The van der Waals surface area contributed by atoms with E-state index >= 15 is 0 Å². The zero-order chi connectivity index (χ0) is 15.5. The van der Waals surface area contributed by atoms with Gasteiger partial charge in [0.25, 0.3) is 0 Å². The first kappa shape index (κ1) is 15.4. The summed E-state index contributed by atoms with van der Waals surface area (Å²) in [5, 5.41) is 4.01. The fraction of sp³-hybridized carbons (Fsp3) is 0.400. The van der Waals surface area contributed by atoms with Crippen molar-refractivity contribution in [3.05, 3.63) is 41.2 Å². The van der Waals surface area contributed by atoms with Gasteiger partial charge in [-0.3, -0.25) is 0 Å². The van der Waals surface area contributed by atoms with E-state index in [9.17, 15) is 4.79 Å². The first-order valence-electron chi connectivity index (χ1n) is 6.65. The Morgan fingerprint density at radius 3 is 2.76 bits per heavy atom. The molecular weight excluding hydrogens is 286 g/mol. The minimum Gasteiger partial charge on any atom is -0.465 e. The monoisotopic (exact) mass is 305 g/mol. The zero-order valence-corrected chi connectivity index (χ0v) is 13.5. The molecule has 6 heteroatoms. The Kier molecular flexibility index (Phi) is 4.57. The van der Waals surface area contributed by atoms with Crippen LogP contribution in [-0.2, 0) is 16.7 Å². The van der Waals surface area contributed by atoms with Gasteiger partial charge < -0.3 is 10.1 Å². The third kappa shape index (κ3) is 4.01. The standard InChI is InChI=1S/C15H19N3O2S/c1-15(2,3)13-17-14(21-18-13)16-9-10-6-5-7-11(8-10)12(19)20-4/h5-8H,9H2,1-4H3,(H,16,17,18). The van der Waals surface area contributed by atoms with E-state index in [1.54, 1.807) is 6.07 Å². The number of carbonyl (C=O) groups excluding carboxylic acids is 1. The van der Waals surface area contributed by atoms with Gasteiger partial charge in [0.05, 0.1) is 12.7 Å². The average Bonchev–Trinajstić information content (AvgIpc) is 2.93. The molecule has 0 aliphatic rings. The van der Waals surface area contributed by atoms with Crippen molar-refractivity contribution in [3.63, 3.8) is 0 Å². The first-order valence-corrected chi connectivity index (χ1v) is 7.43. The molecule has 0 amide bonds. The number of nitrogens with zero attached hydrogens (tertiary/aromatic N) is 2. The zero-order valence-electron chi connectivity index (χ0n) is 12.6. The Labute approximate surface area is 128 Å². The summed E-state index contributed by atoms with van der Waals surface area (Å²) in [5.74, 6) is 0.501. The van der Waals surface area contributed by atoms with Crippen LogP contribution >= 0.6 is 11.5 Å². The molecule has 21 heavy (non-hydrogen) atoms. The summed E-state index contributed by atoms with van der Waals surface area (Å²) in [6.45, 7) is 6.83. The molecule has 0 aliphatic heterocycles. The number of rotatable bonds is 4. The molecule has 1 N–H and O–H groups in total. The quantitative estimate of drug-likeness (QED) is 0.879. The van der Waals surface area contributed by atoms with Gasteiger partial charge in [0.15, 0.2) is 0 Å². The lowest BCUT2D eigenvalue weighted by Gasteiger charge is -2.12. The molecule has 0 spiro atoms. The van der Waals surface area contributed by atoms with Crippen LogP contribution in [0, 0.1) is 0 Å². The maximum Gasteiger partial charge on any atom is 0.337 e. The van der Waals surface area contributed by atoms with E-state index in [1.807, 2.05) is 18.2 Å². The van der Waals surface area contributed by atoms with Crippen LogP contribution in [0.4, 0.5) is 5.13 Å². The number of aromatic nitrogens is 2. The summed E-state index contributed by atoms with van der Waals surface area (Å²) in [7, 11) is 1.38. The summed E-state index contributed by atoms with van der Waals surface area (Å²) >= 11 is 1.35. The number of anilines is 1. The van der Waals surface area contributed by atoms with Crippen molar-refractivity contribution in [2.45, 2.75) is 32.7 Å². The largest absolute Gasteiger partial charge is 0.465 e. The second-order valence-electron chi connectivity index (χ2n) is 5.72. The average molecular weight is 305 g/mol. The highest BCUT2D eigenvalue weighted by Gasteiger charge is 2.19. The summed E-state index contributed by atoms with van der Waals surface area (Å²) < 4.78 is 9.07. The molecule has 0 unspecified atom stereocenters. The number of ether oxygens (including phenoxy) is 1. The molecule has 0 saturated heterocycles. The van der Waals surface area contributed by atoms with Gasteiger partial charge in [-0.2, -0.15) is 4.37 Å². The van der Waals surface area contributed by atoms with Crippen molar-refractivity contribution in [2.75, 3.05) is 12.4 Å². The van der Waals surface area contributed by atoms with E-state index in [0.717, 1.165) is 16.5 Å². The molecule has 1 aromatic carbocycles. The molecule has 0 saturated carbocycles. The normalized spacial score (nSPS) is 11.2. The second-order valence-corrected chi connectivity index (χ2v) is 6.47. The Morgan fingerprint density at radius 2 is 2.14 bits per heavy atom. The molecule has 112 valence electrons. The number of hydrogen-bond donors (Lipinski definition) is 1. The van der Waals surface area contributed by atoms with E-state index in [4.69, 9.17) is 4.74 Å². The highest BCUT2D eigenvalue weighted by molar-refractivity contribution is 7.09. The topological polar surface area (TPSA) is 64.1 Å². The maximum atomic E-state index is 11.5. The fourth-order valence-electron chi connectivity index (χ4n) is 1.70. The number of carbonyl (C=O) groups is 1. The number of esters is 1. The predicted molar refractivity (Wildman–Crippen MR) is 83.7 cm³/mol. The molecule has 2 aromatic rings. The summed E-state index contributed by atoms with van der Waals surface area (Å²) in [6.07, 6.45) is 0. The second kappa shape index (κ2) is 6.22. The van der Waals surface area contributed by atoms with Gasteiger partial charge in [-0.05, 0) is 17.7 Å². The molecule has 1 aromatic heterocycles. The van der Waals surface area contributed by atoms with E-state index in [-0.39, 0.29) is 11.4 Å². The molecular formula is C15H19N3O2S. The minimum atomic E-state index is -0.331. The SMILES string of the molecule is COC(=O)c1cccc(CNc2nc(C(C)(C)C)ns2)c1. The van der Waals surface area contributed by atoms with Crippen LogP contribution in [0.2, 0.25) is 0 Å². The highest BCUT2D eigenvalue weighted by atomic mass is 32.1. The summed E-state index contributed by atoms with van der Waals surface area (Å²) in [4.78, 5) is 16.0. The van der Waals surface area contributed by atoms with Crippen LogP contribution in [0.3, 0.4) is 0 Å². The maximum absolute atomic E-state index is 11.5. The third-order valence-electron chi connectivity index (χ3n) is 2.89. The van der Waals surface area contributed by atoms with Gasteiger partial charge in [-0.15, -0.1) is 0 Å². The van der Waals surface area contributed by atoms with E-state index in [2.05, 4.69) is 35.4 Å². The van der Waals surface area contributed by atoms with Crippen LogP contribution in [0.25, 0.3) is 0 Å². The van der Waals surface area contributed by atoms with E-state index in [0.29, 0.717) is 12.1 Å². The van der Waals surface area contributed by atoms with Gasteiger partial charge in [-0.1, -0.05) is 32.9 Å². The lowest BCUT2D eigenvalue weighted by molar-refractivity contribution is 0.0600. The van der Waals surface area contributed by atoms with Crippen molar-refractivity contribution >= 4 is 22.6 Å². The van der Waals surface area contributed by atoms with Crippen molar-refractivity contribution in [2.24, 2.45) is 0 Å². The molecule has 1 heterocycles. The molecule has 0 radical (unpaired) electrons. The number of nitrogens with one attached hydrogen (secondary N) is 1. The Balaban J connectivity index is 2.03. The van der Waals surface area contributed by atoms with Gasteiger partial charge >= 0.3 is 5.97 Å². The number of hydrogen-bond acceptors (Lipinski definition) is 6. The lowest BCUT2D eigenvalue weighted by Crippen LogP contribution is -2.13. The van der Waals surface area contributed by atoms with Gasteiger partial charge in [-0.25, -0.2) is 9.78 Å². The number of methoxy groups -OCH3 is 1. The van der Waals surface area contributed by atoms with Crippen LogP contribution in [-0.4, -0.2) is 22.4 Å². The molecule has 0 bridgehead atoms. The van der Waals surface area contributed by atoms with E-state index in [1.165, 1.54) is 18.6 Å². The molecule has 0 fully saturated rings. The Bertz CT molecular complexity index is 632. The summed E-state index contributed by atoms with van der Waals surface area (Å²) in [6, 6.07) is 7.33. The third-order valence-corrected chi connectivity index (χ3v) is 3.56. The van der Waals surface area contributed by atoms with Crippen LogP contribution in [0.15, 0.2) is 24.3 Å². The van der Waals surface area contributed by atoms with Crippen molar-refractivity contribution in [3.8, 4) is 0 Å². The van der Waals surface area contributed by atoms with Gasteiger partial charge in [0.1, 0.15) is 5.82 Å². The van der Waals surface area contributed by atoms with Crippen molar-refractivity contribution in [1.82, 2.24) is 9.36 Å². The van der Waals surface area contributed by atoms with E-state index < -0.39 is 0 Å². The van der Waals surface area contributed by atoms with Crippen LogP contribution < -0.4 is 5.32 Å². The minimum absolute atomic E-state index is 0.0543. The highest BCUT2D eigenvalue weighted by Crippen LogP contribution is 2.23. The van der Waals surface area contributed by atoms with Gasteiger partial charge in [0, 0.05) is 23.5 Å². The van der Waals surface area contributed by atoms with Crippen LogP contribution in [0.5, 0.6) is 0 Å². The predicted octanol–water partition coefficient (Wildman–Crippen LogP) is 3.23. The lowest BCUT2D eigenvalue weighted by atomic mass is 9.96. The van der Waals surface area contributed by atoms with Gasteiger partial charge in [0.2, 0.25) is 5.13 Å². The fourth-order valence-corrected chi connectivity index (χ4v) is 2.46. The smallest absolute Gasteiger partial charge is 0.337 e. The molecule has 0 aliphatic carbocycles. The molecule has 2 rings (SSSR count). The van der Waals surface area contributed by atoms with Crippen molar-refractivity contribution in [1.29, 1.82) is 0 Å². The molecule has 0 atom stereocenters. The Hall–Kier alpha value is -1.95. The van der Waals surface area contributed by atoms with Crippen molar-refractivity contribution < 1.29 is 9.53 Å². The first-order chi connectivity index (χ1) is 9.90. The molecule has 5 nitrogen and oxygen atoms in total. The summed E-state index contributed by atoms with van der Waals surface area (Å²) in [5.41, 5.74) is 1.48. The Morgan fingerprint density at radius 1 is 1.38 bits per heavy atom. The van der Waals surface area contributed by atoms with Crippen LogP contribution in [0.1, 0.15) is 42.5 Å². The number of benzene rings is 1.